The van der Waals surface area contributed by atoms with E-state index in [9.17, 15) is 32.3 Å². The topological polar surface area (TPSA) is 124 Å². The van der Waals surface area contributed by atoms with Crippen molar-refractivity contribution in [1.29, 1.82) is 0 Å². The van der Waals surface area contributed by atoms with E-state index in [-0.39, 0.29) is 28.2 Å². The normalized spacial score (nSPS) is 16.1. The molecule has 2 aromatic heterocycles. The number of fused-ring (bicyclic) bond motifs is 3. The van der Waals surface area contributed by atoms with E-state index in [4.69, 9.17) is 0 Å². The second-order valence-electron chi connectivity index (χ2n) is 6.98. The zero-order valence-corrected chi connectivity index (χ0v) is 15.9. The van der Waals surface area contributed by atoms with Crippen LogP contribution in [0.5, 0.6) is 0 Å². The van der Waals surface area contributed by atoms with Crippen molar-refractivity contribution < 1.29 is 27.5 Å². The molecule has 29 heavy (non-hydrogen) atoms. The number of nitrogens with zero attached hydrogens (tertiary/aromatic N) is 4. The standard InChI is InChI=1S/C16H17F3N5O4P/c17-16(18,19)9-6-10-12(7-11(9)23-4-2-1-3-5-23)24-13(8-29(26,27)28)21-22-14(24)15(25)20-10/h6-7H,1-5,8H2,(H,20,25)(H2,26,27,28). The summed E-state index contributed by atoms with van der Waals surface area (Å²) in [5.74, 6) is -0.200. The molecule has 0 spiro atoms. The van der Waals surface area contributed by atoms with E-state index < -0.39 is 31.1 Å². The van der Waals surface area contributed by atoms with E-state index in [2.05, 4.69) is 15.2 Å². The molecule has 0 aliphatic carbocycles. The maximum absolute atomic E-state index is 13.7. The highest BCUT2D eigenvalue weighted by Crippen LogP contribution is 2.41. The molecule has 0 saturated carbocycles. The van der Waals surface area contributed by atoms with Gasteiger partial charge in [-0.15, -0.1) is 10.2 Å². The molecule has 1 aliphatic heterocycles. The number of hydrogen-bond acceptors (Lipinski definition) is 5. The molecule has 3 N–H and O–H groups in total. The number of H-pyrrole nitrogens is 1. The average molecular weight is 431 g/mol. The van der Waals surface area contributed by atoms with E-state index in [1.54, 1.807) is 4.90 Å². The molecule has 0 unspecified atom stereocenters. The lowest BCUT2D eigenvalue weighted by Crippen LogP contribution is -2.31. The quantitative estimate of drug-likeness (QED) is 0.544. The summed E-state index contributed by atoms with van der Waals surface area (Å²) < 4.78 is 53.7. The molecule has 1 fully saturated rings. The van der Waals surface area contributed by atoms with Gasteiger partial charge in [0.2, 0.25) is 5.65 Å². The number of hydrogen-bond donors (Lipinski definition) is 3. The summed E-state index contributed by atoms with van der Waals surface area (Å²) in [5.41, 5.74) is -1.96. The summed E-state index contributed by atoms with van der Waals surface area (Å²) in [6.45, 7) is 0.914. The summed E-state index contributed by atoms with van der Waals surface area (Å²) in [5, 5.41) is 7.33. The van der Waals surface area contributed by atoms with Crippen molar-refractivity contribution in [3.63, 3.8) is 0 Å². The summed E-state index contributed by atoms with van der Waals surface area (Å²) in [6, 6.07) is 2.13. The van der Waals surface area contributed by atoms with E-state index in [1.165, 1.54) is 6.07 Å². The van der Waals surface area contributed by atoms with Gasteiger partial charge in [-0.3, -0.25) is 13.8 Å². The molecule has 3 aromatic rings. The largest absolute Gasteiger partial charge is 0.418 e. The molecule has 0 radical (unpaired) electrons. The van der Waals surface area contributed by atoms with Gasteiger partial charge in [-0.25, -0.2) is 0 Å². The van der Waals surface area contributed by atoms with Gasteiger partial charge in [-0.05, 0) is 31.4 Å². The summed E-state index contributed by atoms with van der Waals surface area (Å²) in [6.07, 6.45) is -3.00. The van der Waals surface area contributed by atoms with E-state index in [0.29, 0.717) is 13.1 Å². The van der Waals surface area contributed by atoms with Crippen LogP contribution in [0.25, 0.3) is 16.7 Å². The molecular formula is C16H17F3N5O4P. The Kier molecular flexibility index (Phi) is 4.67. The van der Waals surface area contributed by atoms with Crippen molar-refractivity contribution in [3.05, 3.63) is 33.9 Å². The predicted octanol–water partition coefficient (Wildman–Crippen LogP) is 2.26. The average Bonchev–Trinajstić information content (AvgIpc) is 3.04. The molecular weight excluding hydrogens is 414 g/mol. The van der Waals surface area contributed by atoms with Gasteiger partial charge in [-0.2, -0.15) is 13.2 Å². The first-order chi connectivity index (χ1) is 13.5. The number of piperidine rings is 1. The lowest BCUT2D eigenvalue weighted by molar-refractivity contribution is -0.137. The fourth-order valence-electron chi connectivity index (χ4n) is 3.67. The van der Waals surface area contributed by atoms with E-state index in [0.717, 1.165) is 29.7 Å². The molecule has 13 heteroatoms. The number of aromatic amines is 1. The highest BCUT2D eigenvalue weighted by atomic mass is 31.2. The summed E-state index contributed by atoms with van der Waals surface area (Å²) in [7, 11) is -4.55. The van der Waals surface area contributed by atoms with Crippen LogP contribution in [0.3, 0.4) is 0 Å². The minimum atomic E-state index is -4.64. The number of alkyl halides is 3. The smallest absolute Gasteiger partial charge is 0.371 e. The monoisotopic (exact) mass is 431 g/mol. The first kappa shape index (κ1) is 19.9. The van der Waals surface area contributed by atoms with Gasteiger partial charge in [0.25, 0.3) is 5.56 Å². The third-order valence-electron chi connectivity index (χ3n) is 4.89. The van der Waals surface area contributed by atoms with Gasteiger partial charge < -0.3 is 19.7 Å². The first-order valence-corrected chi connectivity index (χ1v) is 10.6. The molecule has 3 heterocycles. The zero-order chi connectivity index (χ0) is 21.0. The molecule has 156 valence electrons. The van der Waals surface area contributed by atoms with Gasteiger partial charge in [-0.1, -0.05) is 0 Å². The predicted molar refractivity (Wildman–Crippen MR) is 97.9 cm³/mol. The highest BCUT2D eigenvalue weighted by molar-refractivity contribution is 7.50. The molecule has 0 bridgehead atoms. The minimum Gasteiger partial charge on any atom is -0.371 e. The van der Waals surface area contributed by atoms with Crippen molar-refractivity contribution in [1.82, 2.24) is 19.6 Å². The second kappa shape index (κ2) is 6.82. The summed E-state index contributed by atoms with van der Waals surface area (Å²) in [4.78, 5) is 34.8. The van der Waals surface area contributed by atoms with Crippen LogP contribution >= 0.6 is 7.60 Å². The van der Waals surface area contributed by atoms with Crippen molar-refractivity contribution in [2.24, 2.45) is 0 Å². The molecule has 0 atom stereocenters. The number of halogens is 3. The number of nitrogens with one attached hydrogen (secondary N) is 1. The molecule has 1 aliphatic rings. The van der Waals surface area contributed by atoms with Crippen molar-refractivity contribution >= 4 is 30.0 Å². The van der Waals surface area contributed by atoms with Crippen LogP contribution in [0, 0.1) is 0 Å². The maximum atomic E-state index is 13.7. The van der Waals surface area contributed by atoms with Crippen molar-refractivity contribution in [2.75, 3.05) is 18.0 Å². The van der Waals surface area contributed by atoms with Gasteiger partial charge in [0.05, 0.1) is 22.3 Å². The van der Waals surface area contributed by atoms with Crippen LogP contribution in [-0.2, 0) is 16.9 Å². The van der Waals surface area contributed by atoms with Crippen LogP contribution < -0.4 is 10.5 Å². The Morgan fingerprint density at radius 3 is 2.45 bits per heavy atom. The van der Waals surface area contributed by atoms with E-state index in [1.807, 2.05) is 0 Å². The zero-order valence-electron chi connectivity index (χ0n) is 15.0. The van der Waals surface area contributed by atoms with Gasteiger partial charge in [0.15, 0.2) is 0 Å². The molecule has 1 saturated heterocycles. The Morgan fingerprint density at radius 1 is 1.14 bits per heavy atom. The molecule has 0 amide bonds. The van der Waals surface area contributed by atoms with Gasteiger partial charge >= 0.3 is 13.8 Å². The maximum Gasteiger partial charge on any atom is 0.418 e. The Labute approximate surface area is 161 Å². The van der Waals surface area contributed by atoms with Gasteiger partial charge in [0, 0.05) is 13.1 Å². The van der Waals surface area contributed by atoms with Crippen LogP contribution in [0.15, 0.2) is 16.9 Å². The number of rotatable bonds is 3. The molecule has 4 rings (SSSR count). The van der Waals surface area contributed by atoms with Crippen LogP contribution in [-0.4, -0.2) is 42.5 Å². The number of anilines is 1. The number of aromatic nitrogens is 4. The minimum absolute atomic E-state index is 0.0473. The molecule has 1 aromatic carbocycles. The van der Waals surface area contributed by atoms with Crippen molar-refractivity contribution in [2.45, 2.75) is 31.6 Å². The lowest BCUT2D eigenvalue weighted by Gasteiger charge is -2.31. The SMILES string of the molecule is O=c1[nH]c2cc(C(F)(F)F)c(N3CCCCC3)cc2n2c(CP(=O)(O)O)nnc12. The van der Waals surface area contributed by atoms with E-state index >= 15 is 0 Å². The Bertz CT molecular complexity index is 1190. The van der Waals surface area contributed by atoms with Crippen molar-refractivity contribution in [3.8, 4) is 0 Å². The second-order valence-corrected chi connectivity index (χ2v) is 8.63. The summed E-state index contributed by atoms with van der Waals surface area (Å²) >= 11 is 0. The molecule has 9 nitrogen and oxygen atoms in total. The fraction of sp³-hybridized carbons (Fsp3) is 0.438. The Hall–Kier alpha value is -2.43. The first-order valence-electron chi connectivity index (χ1n) is 8.85. The van der Waals surface area contributed by atoms with Gasteiger partial charge in [0.1, 0.15) is 12.0 Å². The third kappa shape index (κ3) is 3.75. The Morgan fingerprint density at radius 2 is 1.83 bits per heavy atom. The Balaban J connectivity index is 2.04. The lowest BCUT2D eigenvalue weighted by atomic mass is 10.1. The highest BCUT2D eigenvalue weighted by Gasteiger charge is 2.36. The van der Waals surface area contributed by atoms with Crippen LogP contribution in [0.1, 0.15) is 30.7 Å². The fourth-order valence-corrected chi connectivity index (χ4v) is 4.24. The third-order valence-corrected chi connectivity index (χ3v) is 5.58. The van der Waals surface area contributed by atoms with Crippen LogP contribution in [0.2, 0.25) is 0 Å². The number of benzene rings is 1. The van der Waals surface area contributed by atoms with Crippen LogP contribution in [0.4, 0.5) is 18.9 Å².